The van der Waals surface area contributed by atoms with Gasteiger partial charge in [-0.15, -0.1) is 0 Å². The molecular formula is C11H14ClN3O2. The Morgan fingerprint density at radius 2 is 2.41 bits per heavy atom. The summed E-state index contributed by atoms with van der Waals surface area (Å²) in [7, 11) is 0. The van der Waals surface area contributed by atoms with E-state index in [1.807, 2.05) is 4.90 Å². The Morgan fingerprint density at radius 3 is 3.00 bits per heavy atom. The predicted octanol–water partition coefficient (Wildman–Crippen LogP) is 1.15. The predicted molar refractivity (Wildman–Crippen MR) is 64.4 cm³/mol. The number of aldehydes is 1. The van der Waals surface area contributed by atoms with Gasteiger partial charge in [0.2, 0.25) is 0 Å². The van der Waals surface area contributed by atoms with Crippen LogP contribution in [0.2, 0.25) is 5.15 Å². The molecule has 1 fully saturated rings. The van der Waals surface area contributed by atoms with Gasteiger partial charge in [0.1, 0.15) is 17.3 Å². The van der Waals surface area contributed by atoms with Crippen LogP contribution in [-0.4, -0.2) is 40.6 Å². The van der Waals surface area contributed by atoms with Gasteiger partial charge < -0.3 is 10.0 Å². The standard InChI is InChI=1S/C11H14ClN3O2/c1-7(17)8-2-3-15(4-8)11-9(5-16)10(12)13-6-14-11/h5-8,17H,2-4H2,1H3. The number of aliphatic hydroxyl groups is 1. The van der Waals surface area contributed by atoms with Crippen LogP contribution in [0.25, 0.3) is 0 Å². The maximum atomic E-state index is 11.0. The minimum Gasteiger partial charge on any atom is -0.393 e. The zero-order valence-corrected chi connectivity index (χ0v) is 10.3. The van der Waals surface area contributed by atoms with Crippen molar-refractivity contribution in [1.82, 2.24) is 9.97 Å². The van der Waals surface area contributed by atoms with Gasteiger partial charge in [-0.2, -0.15) is 0 Å². The Morgan fingerprint density at radius 1 is 1.65 bits per heavy atom. The van der Waals surface area contributed by atoms with Gasteiger partial charge in [-0.05, 0) is 13.3 Å². The number of carbonyl (C=O) groups is 1. The van der Waals surface area contributed by atoms with Crippen LogP contribution >= 0.6 is 11.6 Å². The average Bonchev–Trinajstić information content (AvgIpc) is 2.77. The molecule has 1 aromatic heterocycles. The number of carbonyl (C=O) groups excluding carboxylic acids is 1. The molecule has 1 saturated heterocycles. The molecule has 0 saturated carbocycles. The first-order valence-corrected chi connectivity index (χ1v) is 5.90. The second kappa shape index (κ2) is 4.98. The first-order valence-electron chi connectivity index (χ1n) is 5.52. The monoisotopic (exact) mass is 255 g/mol. The van der Waals surface area contributed by atoms with E-state index in [0.717, 1.165) is 13.0 Å². The summed E-state index contributed by atoms with van der Waals surface area (Å²) in [5.41, 5.74) is 0.320. The minimum absolute atomic E-state index is 0.172. The fourth-order valence-electron chi connectivity index (χ4n) is 2.09. The van der Waals surface area contributed by atoms with Gasteiger partial charge in [0, 0.05) is 19.0 Å². The summed E-state index contributed by atoms with van der Waals surface area (Å²) in [4.78, 5) is 20.8. The number of nitrogens with zero attached hydrogens (tertiary/aromatic N) is 3. The third-order valence-corrected chi connectivity index (χ3v) is 3.44. The average molecular weight is 256 g/mol. The van der Waals surface area contributed by atoms with Crippen LogP contribution in [0.15, 0.2) is 6.33 Å². The van der Waals surface area contributed by atoms with E-state index in [1.165, 1.54) is 6.33 Å². The van der Waals surface area contributed by atoms with Crippen molar-refractivity contribution >= 4 is 23.7 Å². The van der Waals surface area contributed by atoms with Crippen LogP contribution in [0.4, 0.5) is 5.82 Å². The molecule has 0 amide bonds. The molecule has 2 atom stereocenters. The van der Waals surface area contributed by atoms with E-state index in [1.54, 1.807) is 6.92 Å². The van der Waals surface area contributed by atoms with Crippen LogP contribution < -0.4 is 4.90 Å². The molecule has 1 aliphatic heterocycles. The highest BCUT2D eigenvalue weighted by molar-refractivity contribution is 6.32. The van der Waals surface area contributed by atoms with Gasteiger partial charge in [-0.25, -0.2) is 9.97 Å². The van der Waals surface area contributed by atoms with Crippen molar-refractivity contribution in [2.45, 2.75) is 19.4 Å². The maximum Gasteiger partial charge on any atom is 0.156 e. The number of aromatic nitrogens is 2. The third kappa shape index (κ3) is 2.40. The Hall–Kier alpha value is -1.20. The van der Waals surface area contributed by atoms with Crippen molar-refractivity contribution in [3.63, 3.8) is 0 Å². The van der Waals surface area contributed by atoms with E-state index >= 15 is 0 Å². The van der Waals surface area contributed by atoms with Crippen molar-refractivity contribution in [1.29, 1.82) is 0 Å². The smallest absolute Gasteiger partial charge is 0.156 e. The second-order valence-corrected chi connectivity index (χ2v) is 4.61. The van der Waals surface area contributed by atoms with Crippen LogP contribution in [0.3, 0.4) is 0 Å². The number of aliphatic hydroxyl groups excluding tert-OH is 1. The molecule has 2 rings (SSSR count). The van der Waals surface area contributed by atoms with E-state index in [-0.39, 0.29) is 17.2 Å². The highest BCUT2D eigenvalue weighted by atomic mass is 35.5. The topological polar surface area (TPSA) is 66.3 Å². The summed E-state index contributed by atoms with van der Waals surface area (Å²) in [6, 6.07) is 0. The van der Waals surface area contributed by atoms with Gasteiger partial charge >= 0.3 is 0 Å². The molecule has 0 bridgehead atoms. The maximum absolute atomic E-state index is 11.0. The van der Waals surface area contributed by atoms with E-state index in [2.05, 4.69) is 9.97 Å². The summed E-state index contributed by atoms with van der Waals surface area (Å²) in [5, 5.41) is 9.71. The Kier molecular flexibility index (Phi) is 3.59. The van der Waals surface area contributed by atoms with Crippen LogP contribution in [0, 0.1) is 5.92 Å². The molecule has 0 aliphatic carbocycles. The van der Waals surface area contributed by atoms with Gasteiger partial charge in [0.05, 0.1) is 11.7 Å². The Bertz CT molecular complexity index is 425. The van der Waals surface area contributed by atoms with Gasteiger partial charge in [-0.3, -0.25) is 4.79 Å². The lowest BCUT2D eigenvalue weighted by molar-refractivity contribution is 0.112. The number of hydrogen-bond donors (Lipinski definition) is 1. The van der Waals surface area contributed by atoms with Gasteiger partial charge in [0.15, 0.2) is 6.29 Å². The molecule has 2 unspecified atom stereocenters. The van der Waals surface area contributed by atoms with Crippen molar-refractivity contribution < 1.29 is 9.90 Å². The molecule has 1 aliphatic rings. The summed E-state index contributed by atoms with van der Waals surface area (Å²) in [6.45, 7) is 3.23. The first kappa shape index (κ1) is 12.3. The second-order valence-electron chi connectivity index (χ2n) is 4.25. The lowest BCUT2D eigenvalue weighted by atomic mass is 10.0. The molecule has 5 nitrogen and oxygen atoms in total. The molecular weight excluding hydrogens is 242 g/mol. The fourth-order valence-corrected chi connectivity index (χ4v) is 2.27. The molecule has 6 heteroatoms. The van der Waals surface area contributed by atoms with Crippen LogP contribution in [-0.2, 0) is 0 Å². The fraction of sp³-hybridized carbons (Fsp3) is 0.545. The third-order valence-electron chi connectivity index (χ3n) is 3.14. The lowest BCUT2D eigenvalue weighted by Crippen LogP contribution is -2.25. The summed E-state index contributed by atoms with van der Waals surface area (Å²) in [6.07, 6.45) is 2.56. The molecule has 0 aromatic carbocycles. The molecule has 0 spiro atoms. The number of anilines is 1. The molecule has 2 heterocycles. The highest BCUT2D eigenvalue weighted by Gasteiger charge is 2.28. The highest BCUT2D eigenvalue weighted by Crippen LogP contribution is 2.28. The van der Waals surface area contributed by atoms with Crippen molar-refractivity contribution in [3.05, 3.63) is 17.0 Å². The molecule has 92 valence electrons. The number of halogens is 1. The number of hydrogen-bond acceptors (Lipinski definition) is 5. The molecule has 1 aromatic rings. The first-order chi connectivity index (χ1) is 8.13. The zero-order valence-electron chi connectivity index (χ0n) is 9.51. The molecule has 0 radical (unpaired) electrons. The summed E-state index contributed by atoms with van der Waals surface area (Å²) < 4.78 is 0. The SMILES string of the molecule is CC(O)C1CCN(c2ncnc(Cl)c2C=O)C1. The van der Waals surface area contributed by atoms with E-state index in [0.29, 0.717) is 24.2 Å². The molecule has 17 heavy (non-hydrogen) atoms. The lowest BCUT2D eigenvalue weighted by Gasteiger charge is -2.19. The van der Waals surface area contributed by atoms with Crippen LogP contribution in [0.1, 0.15) is 23.7 Å². The van der Waals surface area contributed by atoms with E-state index in [9.17, 15) is 9.90 Å². The van der Waals surface area contributed by atoms with Gasteiger partial charge in [-0.1, -0.05) is 11.6 Å². The van der Waals surface area contributed by atoms with Crippen LogP contribution in [0.5, 0.6) is 0 Å². The van der Waals surface area contributed by atoms with E-state index in [4.69, 9.17) is 11.6 Å². The van der Waals surface area contributed by atoms with Crippen molar-refractivity contribution in [2.24, 2.45) is 5.92 Å². The quantitative estimate of drug-likeness (QED) is 0.648. The summed E-state index contributed by atoms with van der Waals surface area (Å²) in [5.74, 6) is 0.770. The molecule has 1 N–H and O–H groups in total. The van der Waals surface area contributed by atoms with Crippen molar-refractivity contribution in [2.75, 3.05) is 18.0 Å². The number of rotatable bonds is 3. The van der Waals surface area contributed by atoms with Crippen molar-refractivity contribution in [3.8, 4) is 0 Å². The minimum atomic E-state index is -0.350. The summed E-state index contributed by atoms with van der Waals surface area (Å²) >= 11 is 5.85. The van der Waals surface area contributed by atoms with Gasteiger partial charge in [0.25, 0.3) is 0 Å². The Balaban J connectivity index is 2.24. The largest absolute Gasteiger partial charge is 0.393 e. The van der Waals surface area contributed by atoms with E-state index < -0.39 is 0 Å². The zero-order chi connectivity index (χ0) is 12.4. The Labute approximate surface area is 104 Å². The normalized spacial score (nSPS) is 21.6.